The fourth-order valence-corrected chi connectivity index (χ4v) is 1.40. The van der Waals surface area contributed by atoms with Crippen LogP contribution in [0.2, 0.25) is 0 Å². The zero-order valence-corrected chi connectivity index (χ0v) is 6.98. The minimum atomic E-state index is 0.520. The lowest BCUT2D eigenvalue weighted by molar-refractivity contribution is 1.09. The molecule has 0 unspecified atom stereocenters. The monoisotopic (exact) mass is 156 g/mol. The van der Waals surface area contributed by atoms with Crippen molar-refractivity contribution in [1.29, 1.82) is 0 Å². The molecule has 0 fully saturated rings. The lowest BCUT2D eigenvalue weighted by Gasteiger charge is -1.95. The molecule has 0 N–H and O–H groups in total. The van der Waals surface area contributed by atoms with E-state index in [0.29, 0.717) is 5.92 Å². The summed E-state index contributed by atoms with van der Waals surface area (Å²) in [6.45, 7) is 0. The van der Waals surface area contributed by atoms with Gasteiger partial charge in [-0.2, -0.15) is 0 Å². The maximum atomic E-state index is 2.23. The summed E-state index contributed by atoms with van der Waals surface area (Å²) in [7, 11) is 0. The first-order chi connectivity index (χ1) is 5.95. The Morgan fingerprint density at radius 1 is 1.17 bits per heavy atom. The molecule has 0 heterocycles. The van der Waals surface area contributed by atoms with Gasteiger partial charge in [-0.05, 0) is 12.0 Å². The van der Waals surface area contributed by atoms with E-state index in [1.54, 1.807) is 0 Å². The summed E-state index contributed by atoms with van der Waals surface area (Å²) in [4.78, 5) is 0. The van der Waals surface area contributed by atoms with Crippen LogP contribution in [0, 0.1) is 5.92 Å². The summed E-state index contributed by atoms with van der Waals surface area (Å²) < 4.78 is 0. The Kier molecular flexibility index (Phi) is 2.08. The molecule has 0 heteroatoms. The minimum absolute atomic E-state index is 0.520. The average Bonchev–Trinajstić information content (AvgIpc) is 2.74. The fourth-order valence-electron chi connectivity index (χ4n) is 1.40. The molecule has 0 bridgehead atoms. The molecular weight excluding hydrogens is 144 g/mol. The Balaban J connectivity index is 1.93. The van der Waals surface area contributed by atoms with Crippen molar-refractivity contribution in [3.05, 3.63) is 60.3 Å². The molecule has 2 aliphatic carbocycles. The highest BCUT2D eigenvalue weighted by molar-refractivity contribution is 5.34. The van der Waals surface area contributed by atoms with Gasteiger partial charge in [-0.25, -0.2) is 0 Å². The van der Waals surface area contributed by atoms with Gasteiger partial charge >= 0.3 is 0 Å². The molecule has 0 aromatic carbocycles. The second-order valence-electron chi connectivity index (χ2n) is 3.08. The standard InChI is InChI=1S/C12H12/c1-2-6-11(5-1)9-10-12-7-3-4-8-12/h1-7,9-11H,8H2. The fraction of sp³-hybridized carbons (Fsp3) is 0.167. The largest absolute Gasteiger partial charge is 0.0801 e. The van der Waals surface area contributed by atoms with Crippen molar-refractivity contribution in [3.8, 4) is 0 Å². The van der Waals surface area contributed by atoms with Gasteiger partial charge in [0.25, 0.3) is 0 Å². The van der Waals surface area contributed by atoms with Gasteiger partial charge in [0, 0.05) is 5.92 Å². The second kappa shape index (κ2) is 3.40. The van der Waals surface area contributed by atoms with Crippen molar-refractivity contribution in [2.45, 2.75) is 6.42 Å². The molecule has 0 saturated carbocycles. The van der Waals surface area contributed by atoms with Crippen LogP contribution in [0.5, 0.6) is 0 Å². The lowest BCUT2D eigenvalue weighted by atomic mass is 10.1. The van der Waals surface area contributed by atoms with Crippen LogP contribution in [0.1, 0.15) is 6.42 Å². The van der Waals surface area contributed by atoms with Gasteiger partial charge in [0.05, 0.1) is 0 Å². The summed E-state index contributed by atoms with van der Waals surface area (Å²) in [5.74, 6) is 0.520. The van der Waals surface area contributed by atoms with Crippen LogP contribution in [0.25, 0.3) is 0 Å². The molecule has 0 aromatic rings. The summed E-state index contributed by atoms with van der Waals surface area (Å²) in [5.41, 5.74) is 1.41. The van der Waals surface area contributed by atoms with Gasteiger partial charge in [-0.1, -0.05) is 54.7 Å². The zero-order valence-electron chi connectivity index (χ0n) is 6.98. The summed E-state index contributed by atoms with van der Waals surface area (Å²) in [5, 5.41) is 0. The van der Waals surface area contributed by atoms with Crippen molar-refractivity contribution in [2.24, 2.45) is 5.92 Å². The van der Waals surface area contributed by atoms with Crippen molar-refractivity contribution in [2.75, 3.05) is 0 Å². The van der Waals surface area contributed by atoms with Crippen LogP contribution >= 0.6 is 0 Å². The van der Waals surface area contributed by atoms with Crippen LogP contribution in [0.4, 0.5) is 0 Å². The van der Waals surface area contributed by atoms with Crippen molar-refractivity contribution in [3.63, 3.8) is 0 Å². The summed E-state index contributed by atoms with van der Waals surface area (Å²) in [6.07, 6.45) is 20.6. The first-order valence-corrected chi connectivity index (χ1v) is 4.34. The Labute approximate surface area is 73.3 Å². The second-order valence-corrected chi connectivity index (χ2v) is 3.08. The molecule has 0 radical (unpaired) electrons. The maximum absolute atomic E-state index is 2.23. The third-order valence-electron chi connectivity index (χ3n) is 2.11. The molecule has 0 aromatic heterocycles. The van der Waals surface area contributed by atoms with Crippen molar-refractivity contribution >= 4 is 0 Å². The maximum Gasteiger partial charge on any atom is 0.0136 e. The van der Waals surface area contributed by atoms with E-state index in [0.717, 1.165) is 6.42 Å². The van der Waals surface area contributed by atoms with E-state index >= 15 is 0 Å². The van der Waals surface area contributed by atoms with Crippen LogP contribution < -0.4 is 0 Å². The van der Waals surface area contributed by atoms with E-state index in [9.17, 15) is 0 Å². The Hall–Kier alpha value is -1.30. The average molecular weight is 156 g/mol. The van der Waals surface area contributed by atoms with E-state index in [1.807, 2.05) is 0 Å². The molecule has 12 heavy (non-hydrogen) atoms. The first kappa shape index (κ1) is 7.35. The number of rotatable bonds is 2. The number of hydrogen-bond acceptors (Lipinski definition) is 0. The number of hydrogen-bond donors (Lipinski definition) is 0. The molecule has 0 aliphatic heterocycles. The first-order valence-electron chi connectivity index (χ1n) is 4.34. The molecule has 0 saturated heterocycles. The van der Waals surface area contributed by atoms with Crippen LogP contribution in [0.15, 0.2) is 60.3 Å². The summed E-state index contributed by atoms with van der Waals surface area (Å²) in [6, 6.07) is 0. The zero-order chi connectivity index (χ0) is 8.23. The molecule has 60 valence electrons. The highest BCUT2D eigenvalue weighted by Crippen LogP contribution is 2.15. The third kappa shape index (κ3) is 1.65. The molecule has 0 atom stereocenters. The molecule has 2 aliphatic rings. The quantitative estimate of drug-likeness (QED) is 0.576. The minimum Gasteiger partial charge on any atom is -0.0801 e. The molecular formula is C12H12. The molecule has 0 nitrogen and oxygen atoms in total. The van der Waals surface area contributed by atoms with Gasteiger partial charge in [0.2, 0.25) is 0 Å². The van der Waals surface area contributed by atoms with Gasteiger partial charge in [0.15, 0.2) is 0 Å². The predicted octanol–water partition coefficient (Wildman–Crippen LogP) is 3.17. The Morgan fingerprint density at radius 3 is 2.67 bits per heavy atom. The van der Waals surface area contributed by atoms with Crippen LogP contribution in [0.3, 0.4) is 0 Å². The van der Waals surface area contributed by atoms with Crippen molar-refractivity contribution < 1.29 is 0 Å². The van der Waals surface area contributed by atoms with E-state index in [2.05, 4.69) is 54.7 Å². The Morgan fingerprint density at radius 2 is 2.00 bits per heavy atom. The van der Waals surface area contributed by atoms with Gasteiger partial charge < -0.3 is 0 Å². The SMILES string of the molecule is C1=CCC(C=CC2C=CC=C2)=C1. The Bertz CT molecular complexity index is 286. The van der Waals surface area contributed by atoms with E-state index < -0.39 is 0 Å². The lowest BCUT2D eigenvalue weighted by Crippen LogP contribution is -1.81. The van der Waals surface area contributed by atoms with E-state index in [1.165, 1.54) is 5.57 Å². The highest BCUT2D eigenvalue weighted by Gasteiger charge is 1.98. The van der Waals surface area contributed by atoms with E-state index in [4.69, 9.17) is 0 Å². The smallest absolute Gasteiger partial charge is 0.0136 e. The van der Waals surface area contributed by atoms with Gasteiger partial charge in [0.1, 0.15) is 0 Å². The van der Waals surface area contributed by atoms with Gasteiger partial charge in [-0.15, -0.1) is 0 Å². The molecule has 2 rings (SSSR count). The normalized spacial score (nSPS) is 21.5. The highest BCUT2D eigenvalue weighted by atomic mass is 14.0. The molecule has 0 spiro atoms. The van der Waals surface area contributed by atoms with E-state index in [-0.39, 0.29) is 0 Å². The van der Waals surface area contributed by atoms with Crippen molar-refractivity contribution in [1.82, 2.24) is 0 Å². The van der Waals surface area contributed by atoms with Crippen LogP contribution in [-0.4, -0.2) is 0 Å². The number of allylic oxidation sites excluding steroid dienone is 10. The summed E-state index contributed by atoms with van der Waals surface area (Å²) >= 11 is 0. The van der Waals surface area contributed by atoms with Gasteiger partial charge in [-0.3, -0.25) is 0 Å². The molecule has 0 amide bonds. The predicted molar refractivity (Wildman–Crippen MR) is 52.8 cm³/mol. The van der Waals surface area contributed by atoms with Crippen LogP contribution in [-0.2, 0) is 0 Å². The third-order valence-corrected chi connectivity index (χ3v) is 2.11. The topological polar surface area (TPSA) is 0 Å².